The first-order valence-electron chi connectivity index (χ1n) is 8.46. The highest BCUT2D eigenvalue weighted by Gasteiger charge is 2.30. The molecule has 0 saturated heterocycles. The van der Waals surface area contributed by atoms with Gasteiger partial charge in [0.05, 0.1) is 0 Å². The van der Waals surface area contributed by atoms with Gasteiger partial charge < -0.3 is 4.74 Å². The minimum atomic E-state index is -0.658. The highest BCUT2D eigenvalue weighted by Crippen LogP contribution is 2.34. The van der Waals surface area contributed by atoms with Crippen LogP contribution in [-0.2, 0) is 11.2 Å². The number of benzene rings is 3. The second-order valence-electron chi connectivity index (χ2n) is 6.38. The number of hydrogen-bond donors (Lipinski definition) is 2. The van der Waals surface area contributed by atoms with Crippen LogP contribution in [0, 0.1) is 6.92 Å². The monoisotopic (exact) mass is 346 g/mol. The smallest absolute Gasteiger partial charge is 0.279 e. The van der Waals surface area contributed by atoms with E-state index in [9.17, 15) is 9.59 Å². The molecular formula is C21H18N2O3. The van der Waals surface area contributed by atoms with E-state index in [2.05, 4.69) is 10.9 Å². The molecule has 1 atom stereocenters. The van der Waals surface area contributed by atoms with Crippen LogP contribution in [0.1, 0.15) is 21.5 Å². The van der Waals surface area contributed by atoms with Crippen LogP contribution in [0.5, 0.6) is 5.75 Å². The summed E-state index contributed by atoms with van der Waals surface area (Å²) in [7, 11) is 0. The van der Waals surface area contributed by atoms with Crippen molar-refractivity contribution in [3.63, 3.8) is 0 Å². The Morgan fingerprint density at radius 1 is 0.962 bits per heavy atom. The lowest BCUT2D eigenvalue weighted by atomic mass is 10.0. The van der Waals surface area contributed by atoms with Gasteiger partial charge in [-0.3, -0.25) is 20.4 Å². The van der Waals surface area contributed by atoms with Crippen molar-refractivity contribution in [2.45, 2.75) is 19.4 Å². The molecule has 0 spiro atoms. The summed E-state index contributed by atoms with van der Waals surface area (Å²) >= 11 is 0. The zero-order chi connectivity index (χ0) is 18.1. The molecule has 1 aliphatic heterocycles. The van der Waals surface area contributed by atoms with Crippen LogP contribution in [0.2, 0.25) is 0 Å². The summed E-state index contributed by atoms with van der Waals surface area (Å²) in [4.78, 5) is 24.5. The second-order valence-corrected chi connectivity index (χ2v) is 6.38. The van der Waals surface area contributed by atoms with Gasteiger partial charge in [0.25, 0.3) is 11.8 Å². The number of aryl methyl sites for hydroxylation is 1. The molecule has 0 aliphatic carbocycles. The number of ether oxygens (including phenoxy) is 1. The molecule has 26 heavy (non-hydrogen) atoms. The molecule has 5 heteroatoms. The standard InChI is InChI=1S/C21H18N2O3/c1-13-6-8-15(9-7-13)20(24)22-23-21(25)19-12-17-16-5-3-2-4-14(16)10-11-18(17)26-19/h2-11,19H,12H2,1H3,(H,22,24)(H,23,25)/t19-/m1/s1. The van der Waals surface area contributed by atoms with Gasteiger partial charge in [-0.1, -0.05) is 48.0 Å². The summed E-state index contributed by atoms with van der Waals surface area (Å²) in [6.45, 7) is 1.95. The molecule has 5 nitrogen and oxygen atoms in total. The SMILES string of the molecule is Cc1ccc(C(=O)NNC(=O)[C@H]2Cc3c(ccc4ccccc34)O2)cc1. The quantitative estimate of drug-likeness (QED) is 0.701. The number of nitrogens with one attached hydrogen (secondary N) is 2. The van der Waals surface area contributed by atoms with Gasteiger partial charge in [-0.15, -0.1) is 0 Å². The van der Waals surface area contributed by atoms with Crippen molar-refractivity contribution in [2.75, 3.05) is 0 Å². The fourth-order valence-corrected chi connectivity index (χ4v) is 3.14. The Balaban J connectivity index is 1.42. The zero-order valence-electron chi connectivity index (χ0n) is 14.3. The molecular weight excluding hydrogens is 328 g/mol. The van der Waals surface area contributed by atoms with Crippen LogP contribution >= 0.6 is 0 Å². The number of fused-ring (bicyclic) bond motifs is 3. The molecule has 2 amide bonds. The second kappa shape index (κ2) is 6.52. The molecule has 0 bridgehead atoms. The molecule has 1 aliphatic rings. The molecule has 0 unspecified atom stereocenters. The topological polar surface area (TPSA) is 67.4 Å². The molecule has 0 aromatic heterocycles. The van der Waals surface area contributed by atoms with E-state index in [0.29, 0.717) is 17.7 Å². The van der Waals surface area contributed by atoms with E-state index in [-0.39, 0.29) is 11.8 Å². The first-order valence-corrected chi connectivity index (χ1v) is 8.46. The Morgan fingerprint density at radius 2 is 1.73 bits per heavy atom. The lowest BCUT2D eigenvalue weighted by molar-refractivity contribution is -0.128. The van der Waals surface area contributed by atoms with Crippen LogP contribution in [0.15, 0.2) is 60.7 Å². The van der Waals surface area contributed by atoms with Crippen LogP contribution in [0.4, 0.5) is 0 Å². The minimum absolute atomic E-state index is 0.362. The maximum Gasteiger partial charge on any atom is 0.279 e. The first kappa shape index (κ1) is 16.1. The number of carbonyl (C=O) groups is 2. The third-order valence-corrected chi connectivity index (χ3v) is 4.56. The largest absolute Gasteiger partial charge is 0.480 e. The Bertz CT molecular complexity index is 996. The fraction of sp³-hybridized carbons (Fsp3) is 0.143. The van der Waals surface area contributed by atoms with Gasteiger partial charge in [0, 0.05) is 17.5 Å². The number of hydrogen-bond acceptors (Lipinski definition) is 3. The highest BCUT2D eigenvalue weighted by molar-refractivity contribution is 5.96. The number of rotatable bonds is 2. The van der Waals surface area contributed by atoms with Crippen molar-refractivity contribution >= 4 is 22.6 Å². The maximum absolute atomic E-state index is 12.4. The van der Waals surface area contributed by atoms with Gasteiger partial charge in [0.2, 0.25) is 0 Å². The van der Waals surface area contributed by atoms with Gasteiger partial charge in [0.15, 0.2) is 6.10 Å². The number of amides is 2. The Labute approximate surface area is 150 Å². The summed E-state index contributed by atoms with van der Waals surface area (Å²) in [6, 6.07) is 19.0. The third kappa shape index (κ3) is 2.99. The van der Waals surface area contributed by atoms with Crippen LogP contribution in [0.25, 0.3) is 10.8 Å². The van der Waals surface area contributed by atoms with Crippen molar-refractivity contribution in [2.24, 2.45) is 0 Å². The molecule has 4 rings (SSSR count). The van der Waals surface area contributed by atoms with Crippen molar-refractivity contribution in [1.29, 1.82) is 0 Å². The van der Waals surface area contributed by atoms with Gasteiger partial charge in [-0.05, 0) is 35.9 Å². The summed E-state index contributed by atoms with van der Waals surface area (Å²) in [5.41, 5.74) is 7.47. The van der Waals surface area contributed by atoms with Crippen molar-refractivity contribution in [3.05, 3.63) is 77.4 Å². The summed E-state index contributed by atoms with van der Waals surface area (Å²) in [5.74, 6) is -0.0150. The molecule has 3 aromatic carbocycles. The predicted molar refractivity (Wildman–Crippen MR) is 98.9 cm³/mol. The molecule has 3 aromatic rings. The average Bonchev–Trinajstić information content (AvgIpc) is 3.11. The minimum Gasteiger partial charge on any atom is -0.480 e. The lowest BCUT2D eigenvalue weighted by Crippen LogP contribution is -2.47. The summed E-state index contributed by atoms with van der Waals surface area (Å²) in [5, 5.41) is 2.20. The molecule has 1 heterocycles. The lowest BCUT2D eigenvalue weighted by Gasteiger charge is -2.12. The normalized spacial score (nSPS) is 15.2. The molecule has 0 fully saturated rings. The van der Waals surface area contributed by atoms with Gasteiger partial charge in [0.1, 0.15) is 5.75 Å². The fourth-order valence-electron chi connectivity index (χ4n) is 3.14. The van der Waals surface area contributed by atoms with E-state index in [1.165, 1.54) is 0 Å². The zero-order valence-corrected chi connectivity index (χ0v) is 14.3. The van der Waals surface area contributed by atoms with E-state index < -0.39 is 6.10 Å². The van der Waals surface area contributed by atoms with Crippen LogP contribution in [0.3, 0.4) is 0 Å². The third-order valence-electron chi connectivity index (χ3n) is 4.56. The Hall–Kier alpha value is -3.34. The van der Waals surface area contributed by atoms with E-state index in [0.717, 1.165) is 21.9 Å². The van der Waals surface area contributed by atoms with Crippen LogP contribution in [-0.4, -0.2) is 17.9 Å². The van der Waals surface area contributed by atoms with E-state index in [1.807, 2.05) is 55.5 Å². The number of carbonyl (C=O) groups excluding carboxylic acids is 2. The Morgan fingerprint density at radius 3 is 2.54 bits per heavy atom. The van der Waals surface area contributed by atoms with Crippen molar-refractivity contribution in [1.82, 2.24) is 10.9 Å². The summed E-state index contributed by atoms with van der Waals surface area (Å²) in [6.07, 6.45) is -0.183. The average molecular weight is 346 g/mol. The Kier molecular flexibility index (Phi) is 4.05. The number of hydrazine groups is 1. The molecule has 0 radical (unpaired) electrons. The van der Waals surface area contributed by atoms with E-state index >= 15 is 0 Å². The summed E-state index contributed by atoms with van der Waals surface area (Å²) < 4.78 is 5.77. The van der Waals surface area contributed by atoms with E-state index in [4.69, 9.17) is 4.74 Å². The molecule has 0 saturated carbocycles. The van der Waals surface area contributed by atoms with Crippen molar-refractivity contribution < 1.29 is 14.3 Å². The molecule has 130 valence electrons. The maximum atomic E-state index is 12.4. The van der Waals surface area contributed by atoms with Crippen molar-refractivity contribution in [3.8, 4) is 5.75 Å². The van der Waals surface area contributed by atoms with Crippen LogP contribution < -0.4 is 15.6 Å². The van der Waals surface area contributed by atoms with Gasteiger partial charge in [-0.2, -0.15) is 0 Å². The molecule has 2 N–H and O–H groups in total. The van der Waals surface area contributed by atoms with Gasteiger partial charge >= 0.3 is 0 Å². The predicted octanol–water partition coefficient (Wildman–Crippen LogP) is 2.91. The highest BCUT2D eigenvalue weighted by atomic mass is 16.5. The first-order chi connectivity index (χ1) is 12.6. The van der Waals surface area contributed by atoms with E-state index in [1.54, 1.807) is 12.1 Å². The van der Waals surface area contributed by atoms with Gasteiger partial charge in [-0.25, -0.2) is 0 Å².